The fourth-order valence-corrected chi connectivity index (χ4v) is 2.13. The number of rotatable bonds is 5. The molecule has 0 N–H and O–H groups in total. The van der Waals surface area contributed by atoms with Crippen molar-refractivity contribution in [3.8, 4) is 0 Å². The number of benzene rings is 2. The predicted molar refractivity (Wildman–Crippen MR) is 87.1 cm³/mol. The maximum Gasteiger partial charge on any atom is 0.149 e. The Balaban J connectivity index is 2.24. The van der Waals surface area contributed by atoms with E-state index >= 15 is 0 Å². The quantitative estimate of drug-likeness (QED) is 0.569. The van der Waals surface area contributed by atoms with E-state index in [0.29, 0.717) is 5.02 Å². The molecule has 0 aromatic heterocycles. The van der Waals surface area contributed by atoms with E-state index in [2.05, 4.69) is 4.99 Å². The zero-order valence-electron chi connectivity index (χ0n) is 12.5. The molecule has 0 atom stereocenters. The van der Waals surface area contributed by atoms with E-state index in [9.17, 15) is 8.78 Å². The van der Waals surface area contributed by atoms with Crippen molar-refractivity contribution in [2.45, 2.75) is 13.3 Å². The van der Waals surface area contributed by atoms with Crippen LogP contribution in [0.1, 0.15) is 18.1 Å². The minimum atomic E-state index is -0.542. The summed E-state index contributed by atoms with van der Waals surface area (Å²) in [6.45, 7) is 2.68. The van der Waals surface area contributed by atoms with Crippen molar-refractivity contribution in [3.05, 3.63) is 64.2 Å². The van der Waals surface area contributed by atoms with Crippen LogP contribution in [-0.4, -0.2) is 24.8 Å². The van der Waals surface area contributed by atoms with Crippen LogP contribution < -0.4 is 0 Å². The van der Waals surface area contributed by atoms with Gasteiger partial charge in [0.25, 0.3) is 0 Å². The summed E-state index contributed by atoms with van der Waals surface area (Å²) >= 11 is 5.90. The van der Waals surface area contributed by atoms with Crippen molar-refractivity contribution in [2.24, 2.45) is 4.99 Å². The number of hydrogen-bond acceptors (Lipinski definition) is 1. The minimum absolute atomic E-state index is 0.00681. The summed E-state index contributed by atoms with van der Waals surface area (Å²) in [5.74, 6) is -1.02. The van der Waals surface area contributed by atoms with Gasteiger partial charge in [0, 0.05) is 31.1 Å². The molecule has 0 spiro atoms. The third-order valence-electron chi connectivity index (χ3n) is 3.29. The lowest BCUT2D eigenvalue weighted by Crippen LogP contribution is -2.14. The molecule has 0 aliphatic carbocycles. The molecule has 2 aromatic carbocycles. The van der Waals surface area contributed by atoms with Crippen molar-refractivity contribution < 1.29 is 8.78 Å². The molecule has 0 aliphatic rings. The molecule has 0 heterocycles. The van der Waals surface area contributed by atoms with E-state index in [1.165, 1.54) is 12.4 Å². The van der Waals surface area contributed by atoms with Crippen LogP contribution in [0.2, 0.25) is 5.02 Å². The van der Waals surface area contributed by atoms with Crippen molar-refractivity contribution in [1.29, 1.82) is 0 Å². The standard InChI is InChI=1S/C17H17ClF2N2/c1-3-22(2)11-21-17-10-15(19)13(9-16(17)20)7-12-5-4-6-14(18)8-12/h4-6,8-11H,3,7H2,1-2H3. The van der Waals surface area contributed by atoms with Gasteiger partial charge in [0.2, 0.25) is 0 Å². The van der Waals surface area contributed by atoms with Gasteiger partial charge in [0.1, 0.15) is 17.3 Å². The van der Waals surface area contributed by atoms with Crippen LogP contribution in [-0.2, 0) is 6.42 Å². The van der Waals surface area contributed by atoms with E-state index in [0.717, 1.165) is 18.2 Å². The average molecular weight is 323 g/mol. The first-order valence-corrected chi connectivity index (χ1v) is 7.34. The lowest BCUT2D eigenvalue weighted by Gasteiger charge is -2.09. The third-order valence-corrected chi connectivity index (χ3v) is 3.53. The molecule has 0 saturated carbocycles. The second-order valence-corrected chi connectivity index (χ2v) is 5.46. The van der Waals surface area contributed by atoms with Gasteiger partial charge in [-0.25, -0.2) is 13.8 Å². The normalized spacial score (nSPS) is 11.1. The number of nitrogens with zero attached hydrogens (tertiary/aromatic N) is 2. The summed E-state index contributed by atoms with van der Waals surface area (Å²) in [4.78, 5) is 5.74. The number of aliphatic imine (C=N–C) groups is 1. The fraction of sp³-hybridized carbons (Fsp3) is 0.235. The SMILES string of the molecule is CCN(C)C=Nc1cc(F)c(Cc2cccc(Cl)c2)cc1F. The van der Waals surface area contributed by atoms with E-state index in [4.69, 9.17) is 11.6 Å². The summed E-state index contributed by atoms with van der Waals surface area (Å²) in [6.07, 6.45) is 1.76. The molecule has 116 valence electrons. The Morgan fingerprint density at radius 3 is 2.64 bits per heavy atom. The Morgan fingerprint density at radius 1 is 1.18 bits per heavy atom. The molecule has 0 aliphatic heterocycles. The van der Waals surface area contributed by atoms with Gasteiger partial charge < -0.3 is 4.90 Å². The van der Waals surface area contributed by atoms with Gasteiger partial charge >= 0.3 is 0 Å². The molecule has 0 saturated heterocycles. The van der Waals surface area contributed by atoms with Gasteiger partial charge in [-0.3, -0.25) is 0 Å². The summed E-state index contributed by atoms with van der Waals surface area (Å²) in [5, 5.41) is 0.571. The second kappa shape index (κ2) is 7.36. The minimum Gasteiger partial charge on any atom is -0.366 e. The zero-order valence-corrected chi connectivity index (χ0v) is 13.2. The molecule has 0 fully saturated rings. The highest BCUT2D eigenvalue weighted by atomic mass is 35.5. The lowest BCUT2D eigenvalue weighted by atomic mass is 10.0. The summed E-state index contributed by atoms with van der Waals surface area (Å²) in [7, 11) is 1.81. The summed E-state index contributed by atoms with van der Waals surface area (Å²) in [6, 6.07) is 9.39. The Labute approximate surface area is 134 Å². The first kappa shape index (κ1) is 16.4. The molecule has 5 heteroatoms. The highest BCUT2D eigenvalue weighted by molar-refractivity contribution is 6.30. The van der Waals surface area contributed by atoms with Crippen LogP contribution in [0.15, 0.2) is 41.4 Å². The Hall–Kier alpha value is -1.94. The maximum absolute atomic E-state index is 14.1. The predicted octanol–water partition coefficient (Wildman–Crippen LogP) is 4.82. The van der Waals surface area contributed by atoms with Gasteiger partial charge in [-0.05, 0) is 36.2 Å². The van der Waals surface area contributed by atoms with Gasteiger partial charge in [-0.1, -0.05) is 23.7 Å². The first-order valence-electron chi connectivity index (χ1n) is 6.96. The van der Waals surface area contributed by atoms with Crippen LogP contribution in [0.25, 0.3) is 0 Å². The number of halogens is 3. The van der Waals surface area contributed by atoms with Crippen LogP contribution in [0.3, 0.4) is 0 Å². The van der Waals surface area contributed by atoms with Crippen LogP contribution in [0, 0.1) is 11.6 Å². The molecule has 0 unspecified atom stereocenters. The Bertz CT molecular complexity index is 686. The van der Waals surface area contributed by atoms with Crippen molar-refractivity contribution in [3.63, 3.8) is 0 Å². The molecule has 22 heavy (non-hydrogen) atoms. The van der Waals surface area contributed by atoms with Gasteiger partial charge in [-0.2, -0.15) is 0 Å². The Kier molecular flexibility index (Phi) is 5.50. The topological polar surface area (TPSA) is 15.6 Å². The second-order valence-electron chi connectivity index (χ2n) is 5.02. The average Bonchev–Trinajstić information content (AvgIpc) is 2.49. The molecular formula is C17H17ClF2N2. The summed E-state index contributed by atoms with van der Waals surface area (Å²) < 4.78 is 28.2. The lowest BCUT2D eigenvalue weighted by molar-refractivity contribution is 0.550. The highest BCUT2D eigenvalue weighted by Crippen LogP contribution is 2.24. The van der Waals surface area contributed by atoms with Crippen molar-refractivity contribution >= 4 is 23.6 Å². The molecule has 0 amide bonds. The molecule has 2 rings (SSSR count). The smallest absolute Gasteiger partial charge is 0.149 e. The molecule has 2 aromatic rings. The van der Waals surface area contributed by atoms with Gasteiger partial charge in [0.15, 0.2) is 0 Å². The van der Waals surface area contributed by atoms with Gasteiger partial charge in [0.05, 0.1) is 6.34 Å². The fourth-order valence-electron chi connectivity index (χ4n) is 1.92. The van der Waals surface area contributed by atoms with Gasteiger partial charge in [-0.15, -0.1) is 0 Å². The van der Waals surface area contributed by atoms with E-state index < -0.39 is 11.6 Å². The van der Waals surface area contributed by atoms with E-state index in [-0.39, 0.29) is 17.7 Å². The maximum atomic E-state index is 14.1. The molecule has 0 radical (unpaired) electrons. The van der Waals surface area contributed by atoms with Crippen LogP contribution in [0.4, 0.5) is 14.5 Å². The highest BCUT2D eigenvalue weighted by Gasteiger charge is 2.10. The number of hydrogen-bond donors (Lipinski definition) is 0. The van der Waals surface area contributed by atoms with Crippen LogP contribution in [0.5, 0.6) is 0 Å². The van der Waals surface area contributed by atoms with E-state index in [1.54, 1.807) is 23.1 Å². The van der Waals surface area contributed by atoms with E-state index in [1.807, 2.05) is 20.0 Å². The van der Waals surface area contributed by atoms with Crippen LogP contribution >= 0.6 is 11.6 Å². The zero-order chi connectivity index (χ0) is 16.1. The molecule has 2 nitrogen and oxygen atoms in total. The Morgan fingerprint density at radius 2 is 1.95 bits per heavy atom. The van der Waals surface area contributed by atoms with Crippen molar-refractivity contribution in [2.75, 3.05) is 13.6 Å². The first-order chi connectivity index (χ1) is 10.5. The monoisotopic (exact) mass is 322 g/mol. The summed E-state index contributed by atoms with van der Waals surface area (Å²) in [5.41, 5.74) is 1.10. The van der Waals surface area contributed by atoms with Crippen molar-refractivity contribution in [1.82, 2.24) is 4.90 Å². The molecule has 0 bridgehead atoms. The largest absolute Gasteiger partial charge is 0.366 e. The molecular weight excluding hydrogens is 306 g/mol. The third kappa shape index (κ3) is 4.28.